The van der Waals surface area contributed by atoms with Gasteiger partial charge in [-0.2, -0.15) is 0 Å². The van der Waals surface area contributed by atoms with E-state index >= 15 is 0 Å². The van der Waals surface area contributed by atoms with Crippen molar-refractivity contribution < 1.29 is 5.11 Å². The van der Waals surface area contributed by atoms with Gasteiger partial charge in [0.2, 0.25) is 0 Å². The van der Waals surface area contributed by atoms with Crippen LogP contribution in [0.2, 0.25) is 5.02 Å². The summed E-state index contributed by atoms with van der Waals surface area (Å²) >= 11 is 6.08. The van der Waals surface area contributed by atoms with Crippen molar-refractivity contribution in [3.8, 4) is 0 Å². The molecule has 4 heteroatoms. The number of aliphatic hydroxyl groups is 1. The maximum Gasteiger partial charge on any atom is 0.173 e. The normalized spacial score (nSPS) is 13.2. The van der Waals surface area contributed by atoms with Crippen LogP contribution in [0.15, 0.2) is 97.3 Å². The lowest BCUT2D eigenvalue weighted by molar-refractivity contribution is 0.111. The van der Waals surface area contributed by atoms with Crippen molar-refractivity contribution in [3.05, 3.63) is 125 Å². The summed E-state index contributed by atoms with van der Waals surface area (Å²) in [5.74, 6) is 0.594. The third-order valence-electron chi connectivity index (χ3n) is 4.98. The van der Waals surface area contributed by atoms with E-state index in [2.05, 4.69) is 17.1 Å². The molecule has 4 rings (SSSR count). The number of nitrogens with zero attached hydrogens (tertiary/aromatic N) is 2. The molecule has 0 aliphatic rings. The molecule has 0 saturated heterocycles. The monoisotopic (exact) mass is 388 g/mol. The molecule has 3 nitrogen and oxygen atoms in total. The molecule has 0 radical (unpaired) electrons. The SMILES string of the molecule is OC(c1ccccc1)(c1ccc(Cl)cc1)c1nccn1CCc1ccccc1. The van der Waals surface area contributed by atoms with E-state index in [1.54, 1.807) is 18.3 Å². The first-order valence-corrected chi connectivity index (χ1v) is 9.65. The first-order chi connectivity index (χ1) is 13.7. The molecule has 0 aliphatic heterocycles. The standard InChI is InChI=1S/C24H21ClN2O/c25-22-13-11-21(12-14-22)24(28,20-9-5-2-6-10-20)23-26-16-18-27(23)17-15-19-7-3-1-4-8-19/h1-14,16,18,28H,15,17H2. The van der Waals surface area contributed by atoms with E-state index in [0.29, 0.717) is 10.8 Å². The molecule has 1 heterocycles. The molecule has 1 N–H and O–H groups in total. The zero-order chi connectivity index (χ0) is 19.4. The van der Waals surface area contributed by atoms with E-state index in [1.807, 2.05) is 71.4 Å². The van der Waals surface area contributed by atoms with Gasteiger partial charge in [-0.15, -0.1) is 0 Å². The summed E-state index contributed by atoms with van der Waals surface area (Å²) in [5, 5.41) is 12.6. The second kappa shape index (κ2) is 8.01. The third kappa shape index (κ3) is 3.59. The van der Waals surface area contributed by atoms with Crippen LogP contribution in [-0.2, 0) is 18.6 Å². The smallest absolute Gasteiger partial charge is 0.173 e. The van der Waals surface area contributed by atoms with Gasteiger partial charge in [0.1, 0.15) is 5.82 Å². The molecule has 0 bridgehead atoms. The van der Waals surface area contributed by atoms with Gasteiger partial charge >= 0.3 is 0 Å². The van der Waals surface area contributed by atoms with E-state index < -0.39 is 5.60 Å². The molecule has 4 aromatic rings. The first kappa shape index (κ1) is 18.5. The third-order valence-corrected chi connectivity index (χ3v) is 5.23. The Kier molecular flexibility index (Phi) is 5.29. The number of benzene rings is 3. The molecular formula is C24H21ClN2O. The molecule has 0 fully saturated rings. The zero-order valence-corrected chi connectivity index (χ0v) is 16.1. The van der Waals surface area contributed by atoms with Crippen LogP contribution in [-0.4, -0.2) is 14.7 Å². The Morgan fingerprint density at radius 2 is 1.43 bits per heavy atom. The maximum atomic E-state index is 12.0. The molecular weight excluding hydrogens is 368 g/mol. The van der Waals surface area contributed by atoms with Gasteiger partial charge in [0, 0.05) is 24.0 Å². The van der Waals surface area contributed by atoms with Crippen molar-refractivity contribution in [2.45, 2.75) is 18.6 Å². The Balaban J connectivity index is 1.76. The highest BCUT2D eigenvalue weighted by molar-refractivity contribution is 6.30. The summed E-state index contributed by atoms with van der Waals surface area (Å²) < 4.78 is 2.02. The second-order valence-electron chi connectivity index (χ2n) is 6.76. The molecule has 0 amide bonds. The number of rotatable bonds is 6. The highest BCUT2D eigenvalue weighted by Crippen LogP contribution is 2.36. The molecule has 1 aromatic heterocycles. The van der Waals surface area contributed by atoms with Crippen molar-refractivity contribution in [1.29, 1.82) is 0 Å². The maximum absolute atomic E-state index is 12.0. The van der Waals surface area contributed by atoms with Crippen LogP contribution in [0.1, 0.15) is 22.5 Å². The molecule has 0 spiro atoms. The molecule has 1 unspecified atom stereocenters. The van der Waals surface area contributed by atoms with Gasteiger partial charge < -0.3 is 9.67 Å². The Morgan fingerprint density at radius 3 is 2.11 bits per heavy atom. The van der Waals surface area contributed by atoms with Gasteiger partial charge in [-0.25, -0.2) is 4.98 Å². The van der Waals surface area contributed by atoms with Crippen LogP contribution in [0, 0.1) is 0 Å². The second-order valence-corrected chi connectivity index (χ2v) is 7.20. The number of aryl methyl sites for hydroxylation is 2. The number of aromatic nitrogens is 2. The van der Waals surface area contributed by atoms with Gasteiger partial charge in [-0.05, 0) is 35.2 Å². The fourth-order valence-electron chi connectivity index (χ4n) is 3.50. The van der Waals surface area contributed by atoms with E-state index in [0.717, 1.165) is 24.1 Å². The number of imidazole rings is 1. The minimum atomic E-state index is -1.37. The van der Waals surface area contributed by atoms with Crippen LogP contribution in [0.5, 0.6) is 0 Å². The molecule has 3 aromatic carbocycles. The molecule has 0 aliphatic carbocycles. The zero-order valence-electron chi connectivity index (χ0n) is 15.4. The number of halogens is 1. The average molecular weight is 389 g/mol. The molecule has 140 valence electrons. The minimum absolute atomic E-state index is 0.594. The largest absolute Gasteiger partial charge is 0.373 e. The number of hydrogen-bond acceptors (Lipinski definition) is 2. The number of hydrogen-bond donors (Lipinski definition) is 1. The van der Waals surface area contributed by atoms with Crippen molar-refractivity contribution in [2.75, 3.05) is 0 Å². The Labute approximate surface area is 169 Å². The fraction of sp³-hybridized carbons (Fsp3) is 0.125. The van der Waals surface area contributed by atoms with Crippen molar-refractivity contribution in [2.24, 2.45) is 0 Å². The van der Waals surface area contributed by atoms with E-state index in [1.165, 1.54) is 5.56 Å². The average Bonchev–Trinajstić information content (AvgIpc) is 3.23. The van der Waals surface area contributed by atoms with Crippen LogP contribution in [0.3, 0.4) is 0 Å². The predicted octanol–water partition coefficient (Wildman–Crippen LogP) is 5.06. The lowest BCUT2D eigenvalue weighted by atomic mass is 9.85. The molecule has 28 heavy (non-hydrogen) atoms. The van der Waals surface area contributed by atoms with Crippen molar-refractivity contribution in [3.63, 3.8) is 0 Å². The summed E-state index contributed by atoms with van der Waals surface area (Å²) in [7, 11) is 0. The minimum Gasteiger partial charge on any atom is -0.373 e. The summed E-state index contributed by atoms with van der Waals surface area (Å²) in [4.78, 5) is 4.56. The van der Waals surface area contributed by atoms with Gasteiger partial charge in [-0.3, -0.25) is 0 Å². The van der Waals surface area contributed by atoms with Gasteiger partial charge in [0.15, 0.2) is 5.60 Å². The first-order valence-electron chi connectivity index (χ1n) is 9.27. The summed E-state index contributed by atoms with van der Waals surface area (Å²) in [5.41, 5.74) is 1.38. The Hall–Kier alpha value is -2.88. The van der Waals surface area contributed by atoms with E-state index in [9.17, 15) is 5.11 Å². The summed E-state index contributed by atoms with van der Waals surface area (Å²) in [6.07, 6.45) is 4.52. The van der Waals surface area contributed by atoms with Gasteiger partial charge in [0.25, 0.3) is 0 Å². The summed E-state index contributed by atoms with van der Waals surface area (Å²) in [6.45, 7) is 0.724. The Morgan fingerprint density at radius 1 is 0.821 bits per heavy atom. The van der Waals surface area contributed by atoms with Crippen LogP contribution in [0.25, 0.3) is 0 Å². The summed E-state index contributed by atoms with van der Waals surface area (Å²) in [6, 6.07) is 27.2. The molecule has 0 saturated carbocycles. The van der Waals surface area contributed by atoms with Crippen LogP contribution >= 0.6 is 11.6 Å². The topological polar surface area (TPSA) is 38.1 Å². The highest BCUT2D eigenvalue weighted by atomic mass is 35.5. The van der Waals surface area contributed by atoms with E-state index in [-0.39, 0.29) is 0 Å². The predicted molar refractivity (Wildman–Crippen MR) is 112 cm³/mol. The van der Waals surface area contributed by atoms with Crippen LogP contribution in [0.4, 0.5) is 0 Å². The highest BCUT2D eigenvalue weighted by Gasteiger charge is 2.37. The molecule has 1 atom stereocenters. The lowest BCUT2D eigenvalue weighted by Gasteiger charge is -2.29. The fourth-order valence-corrected chi connectivity index (χ4v) is 3.63. The van der Waals surface area contributed by atoms with Crippen molar-refractivity contribution in [1.82, 2.24) is 9.55 Å². The van der Waals surface area contributed by atoms with Crippen molar-refractivity contribution >= 4 is 11.6 Å². The van der Waals surface area contributed by atoms with E-state index in [4.69, 9.17) is 11.6 Å². The quantitative estimate of drug-likeness (QED) is 0.501. The lowest BCUT2D eigenvalue weighted by Crippen LogP contribution is -2.32. The Bertz CT molecular complexity index is 1030. The van der Waals surface area contributed by atoms with Gasteiger partial charge in [-0.1, -0.05) is 84.4 Å². The van der Waals surface area contributed by atoms with Gasteiger partial charge in [0.05, 0.1) is 0 Å². The van der Waals surface area contributed by atoms with Crippen LogP contribution < -0.4 is 0 Å².